The molecule has 0 aliphatic rings. The molecule has 1 aromatic heterocycles. The zero-order chi connectivity index (χ0) is 14.5. The second kappa shape index (κ2) is 6.38. The van der Waals surface area contributed by atoms with Crippen LogP contribution in [0.2, 0.25) is 0 Å². The van der Waals surface area contributed by atoms with Gasteiger partial charge in [0.1, 0.15) is 11.5 Å². The summed E-state index contributed by atoms with van der Waals surface area (Å²) in [5.41, 5.74) is 2.72. The lowest BCUT2D eigenvalue weighted by Gasteiger charge is -2.13. The maximum atomic E-state index is 5.27. The van der Waals surface area contributed by atoms with E-state index in [0.717, 1.165) is 28.5 Å². The number of aromatic nitrogens is 1. The standard InChI is InChI=1S/C14H17N3O2S/c1-9-11(10(2)19-17-9)8-15-14(20)16-12-6-4-5-7-13(12)18-3/h4-7H,8H2,1-3H3,(H2,15,16,20). The Kier molecular flexibility index (Phi) is 4.57. The molecular weight excluding hydrogens is 274 g/mol. The van der Waals surface area contributed by atoms with Crippen LogP contribution in [0.15, 0.2) is 28.8 Å². The number of nitrogens with zero attached hydrogens (tertiary/aromatic N) is 1. The average molecular weight is 291 g/mol. The van der Waals surface area contributed by atoms with Crippen molar-refractivity contribution < 1.29 is 9.26 Å². The van der Waals surface area contributed by atoms with Crippen molar-refractivity contribution in [2.75, 3.05) is 12.4 Å². The van der Waals surface area contributed by atoms with Crippen molar-refractivity contribution in [2.24, 2.45) is 0 Å². The van der Waals surface area contributed by atoms with Gasteiger partial charge in [-0.3, -0.25) is 0 Å². The normalized spacial score (nSPS) is 10.2. The zero-order valence-electron chi connectivity index (χ0n) is 11.7. The Labute approximate surface area is 123 Å². The number of benzene rings is 1. The molecule has 0 aliphatic carbocycles. The predicted molar refractivity (Wildman–Crippen MR) is 82.0 cm³/mol. The molecule has 5 nitrogen and oxygen atoms in total. The summed E-state index contributed by atoms with van der Waals surface area (Å²) in [5.74, 6) is 1.55. The minimum Gasteiger partial charge on any atom is -0.495 e. The second-order valence-electron chi connectivity index (χ2n) is 4.31. The summed E-state index contributed by atoms with van der Waals surface area (Å²) in [6.45, 7) is 4.36. The molecule has 0 amide bonds. The molecule has 0 fully saturated rings. The monoisotopic (exact) mass is 291 g/mol. The molecule has 2 N–H and O–H groups in total. The zero-order valence-corrected chi connectivity index (χ0v) is 12.5. The fraction of sp³-hybridized carbons (Fsp3) is 0.286. The summed E-state index contributed by atoms with van der Waals surface area (Å²) >= 11 is 5.27. The van der Waals surface area contributed by atoms with Gasteiger partial charge in [-0.1, -0.05) is 17.3 Å². The van der Waals surface area contributed by atoms with E-state index < -0.39 is 0 Å². The van der Waals surface area contributed by atoms with E-state index in [2.05, 4.69) is 15.8 Å². The van der Waals surface area contributed by atoms with Crippen molar-refractivity contribution in [3.05, 3.63) is 41.3 Å². The molecule has 0 bridgehead atoms. The fourth-order valence-electron chi connectivity index (χ4n) is 1.84. The summed E-state index contributed by atoms with van der Waals surface area (Å²) in [7, 11) is 1.63. The van der Waals surface area contributed by atoms with Crippen LogP contribution in [0.3, 0.4) is 0 Å². The summed E-state index contributed by atoms with van der Waals surface area (Å²) in [6, 6.07) is 7.61. The Morgan fingerprint density at radius 1 is 1.35 bits per heavy atom. The Bertz CT molecular complexity index is 591. The van der Waals surface area contributed by atoms with Gasteiger partial charge >= 0.3 is 0 Å². The van der Waals surface area contributed by atoms with E-state index in [1.807, 2.05) is 38.1 Å². The third-order valence-electron chi connectivity index (χ3n) is 2.96. The topological polar surface area (TPSA) is 59.3 Å². The van der Waals surface area contributed by atoms with E-state index in [4.69, 9.17) is 21.5 Å². The van der Waals surface area contributed by atoms with E-state index in [1.54, 1.807) is 7.11 Å². The highest BCUT2D eigenvalue weighted by atomic mass is 32.1. The van der Waals surface area contributed by atoms with Gasteiger partial charge in [0.2, 0.25) is 0 Å². The molecule has 2 rings (SSSR count). The lowest BCUT2D eigenvalue weighted by atomic mass is 10.2. The van der Waals surface area contributed by atoms with Crippen molar-refractivity contribution in [3.8, 4) is 5.75 Å². The van der Waals surface area contributed by atoms with Crippen molar-refractivity contribution >= 4 is 23.0 Å². The molecule has 20 heavy (non-hydrogen) atoms. The highest BCUT2D eigenvalue weighted by molar-refractivity contribution is 7.80. The number of rotatable bonds is 4. The van der Waals surface area contributed by atoms with Gasteiger partial charge in [0.25, 0.3) is 0 Å². The summed E-state index contributed by atoms with van der Waals surface area (Å²) in [4.78, 5) is 0. The minimum atomic E-state index is 0.523. The number of aryl methyl sites for hydroxylation is 2. The van der Waals surface area contributed by atoms with E-state index in [0.29, 0.717) is 11.7 Å². The van der Waals surface area contributed by atoms with Gasteiger partial charge in [-0.15, -0.1) is 0 Å². The van der Waals surface area contributed by atoms with Crippen LogP contribution < -0.4 is 15.4 Å². The Morgan fingerprint density at radius 3 is 2.75 bits per heavy atom. The van der Waals surface area contributed by atoms with Gasteiger partial charge < -0.3 is 19.9 Å². The van der Waals surface area contributed by atoms with Gasteiger partial charge in [0.05, 0.1) is 18.5 Å². The lowest BCUT2D eigenvalue weighted by Crippen LogP contribution is -2.28. The molecule has 1 heterocycles. The maximum absolute atomic E-state index is 5.27. The number of hydrogen-bond acceptors (Lipinski definition) is 4. The molecule has 106 valence electrons. The summed E-state index contributed by atoms with van der Waals surface area (Å²) in [5, 5.41) is 10.7. The Balaban J connectivity index is 1.96. The first-order valence-corrected chi connectivity index (χ1v) is 6.62. The quantitative estimate of drug-likeness (QED) is 0.845. The highest BCUT2D eigenvalue weighted by Gasteiger charge is 2.09. The van der Waals surface area contributed by atoms with Crippen LogP contribution in [0.1, 0.15) is 17.0 Å². The molecule has 0 saturated heterocycles. The van der Waals surface area contributed by atoms with Gasteiger partial charge in [0, 0.05) is 12.1 Å². The molecule has 2 aromatic rings. The molecule has 0 aliphatic heterocycles. The summed E-state index contributed by atoms with van der Waals surface area (Å²) < 4.78 is 10.4. The van der Waals surface area contributed by atoms with Crippen molar-refractivity contribution in [3.63, 3.8) is 0 Å². The molecule has 0 spiro atoms. The smallest absolute Gasteiger partial charge is 0.171 e. The predicted octanol–water partition coefficient (Wildman–Crippen LogP) is 2.79. The largest absolute Gasteiger partial charge is 0.495 e. The van der Waals surface area contributed by atoms with Crippen LogP contribution in [0.4, 0.5) is 5.69 Å². The van der Waals surface area contributed by atoms with Gasteiger partial charge in [-0.25, -0.2) is 0 Å². The van der Waals surface area contributed by atoms with E-state index in [-0.39, 0.29) is 0 Å². The third kappa shape index (κ3) is 3.27. The Hall–Kier alpha value is -2.08. The number of thiocarbonyl (C=S) groups is 1. The SMILES string of the molecule is COc1ccccc1NC(=S)NCc1c(C)noc1C. The van der Waals surface area contributed by atoms with E-state index in [1.165, 1.54) is 0 Å². The van der Waals surface area contributed by atoms with Crippen LogP contribution in [-0.4, -0.2) is 17.4 Å². The van der Waals surface area contributed by atoms with Crippen molar-refractivity contribution in [2.45, 2.75) is 20.4 Å². The van der Waals surface area contributed by atoms with Crippen LogP contribution >= 0.6 is 12.2 Å². The van der Waals surface area contributed by atoms with Crippen LogP contribution in [0.5, 0.6) is 5.75 Å². The van der Waals surface area contributed by atoms with E-state index >= 15 is 0 Å². The Morgan fingerprint density at radius 2 is 2.10 bits per heavy atom. The minimum absolute atomic E-state index is 0.523. The maximum Gasteiger partial charge on any atom is 0.171 e. The fourth-order valence-corrected chi connectivity index (χ4v) is 2.02. The molecular formula is C14H17N3O2S. The number of para-hydroxylation sites is 2. The van der Waals surface area contributed by atoms with Gasteiger partial charge in [-0.05, 0) is 38.2 Å². The third-order valence-corrected chi connectivity index (χ3v) is 3.21. The number of ether oxygens (including phenoxy) is 1. The molecule has 0 radical (unpaired) electrons. The van der Waals surface area contributed by atoms with E-state index in [9.17, 15) is 0 Å². The van der Waals surface area contributed by atoms with Gasteiger partial charge in [-0.2, -0.15) is 0 Å². The molecule has 6 heteroatoms. The van der Waals surface area contributed by atoms with Gasteiger partial charge in [0.15, 0.2) is 5.11 Å². The molecule has 0 saturated carbocycles. The van der Waals surface area contributed by atoms with Crippen LogP contribution in [0, 0.1) is 13.8 Å². The molecule has 1 aromatic carbocycles. The first-order valence-electron chi connectivity index (χ1n) is 6.21. The summed E-state index contributed by atoms with van der Waals surface area (Å²) in [6.07, 6.45) is 0. The molecule has 0 atom stereocenters. The van der Waals surface area contributed by atoms with Crippen molar-refractivity contribution in [1.29, 1.82) is 0 Å². The average Bonchev–Trinajstić information content (AvgIpc) is 2.76. The van der Waals surface area contributed by atoms with Crippen molar-refractivity contribution in [1.82, 2.24) is 10.5 Å². The van der Waals surface area contributed by atoms with Crippen LogP contribution in [-0.2, 0) is 6.54 Å². The lowest BCUT2D eigenvalue weighted by molar-refractivity contribution is 0.392. The second-order valence-corrected chi connectivity index (χ2v) is 4.72. The first kappa shape index (κ1) is 14.3. The number of nitrogens with one attached hydrogen (secondary N) is 2. The number of anilines is 1. The molecule has 0 unspecified atom stereocenters. The number of methoxy groups -OCH3 is 1. The number of hydrogen-bond donors (Lipinski definition) is 2. The van der Waals surface area contributed by atoms with Crippen LogP contribution in [0.25, 0.3) is 0 Å². The highest BCUT2D eigenvalue weighted by Crippen LogP contribution is 2.22. The first-order chi connectivity index (χ1) is 9.61.